The number of phenolic OH excluding ortho intramolecular Hbond substituents is 1. The Labute approximate surface area is 200 Å². The van der Waals surface area contributed by atoms with E-state index in [-0.39, 0.29) is 5.75 Å². The van der Waals surface area contributed by atoms with Gasteiger partial charge in [-0.15, -0.1) is 6.58 Å². The zero-order valence-corrected chi connectivity index (χ0v) is 19.5. The number of carbonyl (C=O) groups excluding carboxylic acids is 1. The van der Waals surface area contributed by atoms with E-state index in [0.717, 1.165) is 24.1 Å². The predicted octanol–water partition coefficient (Wildman–Crippen LogP) is 4.92. The van der Waals surface area contributed by atoms with Crippen molar-refractivity contribution < 1.29 is 14.6 Å². The van der Waals surface area contributed by atoms with Crippen LogP contribution in [0.15, 0.2) is 84.5 Å². The summed E-state index contributed by atoms with van der Waals surface area (Å²) in [6.07, 6.45) is 4.04. The van der Waals surface area contributed by atoms with Gasteiger partial charge in [0.05, 0.1) is 6.21 Å². The Morgan fingerprint density at radius 1 is 1.06 bits per heavy atom. The molecule has 7 heteroatoms. The van der Waals surface area contributed by atoms with Crippen LogP contribution in [0.1, 0.15) is 22.3 Å². The van der Waals surface area contributed by atoms with E-state index in [2.05, 4.69) is 33.4 Å². The molecule has 0 spiro atoms. The number of hydrogen-bond donors (Lipinski definition) is 3. The number of phenols is 1. The summed E-state index contributed by atoms with van der Waals surface area (Å²) in [7, 11) is 4.00. The predicted molar refractivity (Wildman–Crippen MR) is 136 cm³/mol. The van der Waals surface area contributed by atoms with Gasteiger partial charge >= 0.3 is 6.03 Å². The number of carbonyl (C=O) groups is 1. The van der Waals surface area contributed by atoms with Gasteiger partial charge in [-0.3, -0.25) is 0 Å². The average molecular weight is 459 g/mol. The van der Waals surface area contributed by atoms with Crippen molar-refractivity contribution in [3.63, 3.8) is 0 Å². The fourth-order valence-corrected chi connectivity index (χ4v) is 3.28. The number of rotatable bonds is 10. The van der Waals surface area contributed by atoms with E-state index in [0.29, 0.717) is 23.6 Å². The van der Waals surface area contributed by atoms with Crippen molar-refractivity contribution in [2.45, 2.75) is 19.6 Å². The summed E-state index contributed by atoms with van der Waals surface area (Å²) in [5, 5.41) is 16.9. The summed E-state index contributed by atoms with van der Waals surface area (Å²) < 4.78 is 5.79. The molecule has 0 saturated carbocycles. The Kier molecular flexibility index (Phi) is 8.82. The molecule has 0 aromatic heterocycles. The highest BCUT2D eigenvalue weighted by molar-refractivity contribution is 5.90. The third kappa shape index (κ3) is 7.79. The van der Waals surface area contributed by atoms with Crippen LogP contribution in [0.4, 0.5) is 10.5 Å². The van der Waals surface area contributed by atoms with Gasteiger partial charge in [0.1, 0.15) is 18.1 Å². The molecule has 0 aliphatic carbocycles. The summed E-state index contributed by atoms with van der Waals surface area (Å²) in [5.74, 6) is 0.535. The summed E-state index contributed by atoms with van der Waals surface area (Å²) in [6, 6.07) is 20.1. The fraction of sp³-hybridized carbons (Fsp3) is 0.185. The van der Waals surface area contributed by atoms with Crippen LogP contribution in [0.2, 0.25) is 0 Å². The molecule has 3 rings (SSSR count). The van der Waals surface area contributed by atoms with Crippen molar-refractivity contribution in [1.29, 1.82) is 0 Å². The van der Waals surface area contributed by atoms with Crippen LogP contribution in [0.25, 0.3) is 0 Å². The van der Waals surface area contributed by atoms with E-state index in [9.17, 15) is 9.90 Å². The van der Waals surface area contributed by atoms with Crippen molar-refractivity contribution in [3.05, 3.63) is 102 Å². The second-order valence-electron chi connectivity index (χ2n) is 8.08. The monoisotopic (exact) mass is 458 g/mol. The molecule has 7 nitrogen and oxygen atoms in total. The summed E-state index contributed by atoms with van der Waals surface area (Å²) in [4.78, 5) is 14.1. The summed E-state index contributed by atoms with van der Waals surface area (Å²) >= 11 is 0. The molecule has 0 unspecified atom stereocenters. The Hall–Kier alpha value is -4.10. The lowest BCUT2D eigenvalue weighted by Gasteiger charge is -2.10. The van der Waals surface area contributed by atoms with E-state index in [4.69, 9.17) is 4.74 Å². The summed E-state index contributed by atoms with van der Waals surface area (Å²) in [6.45, 7) is 4.97. The minimum atomic E-state index is -0.477. The molecule has 3 N–H and O–H groups in total. The van der Waals surface area contributed by atoms with Gasteiger partial charge in [-0.2, -0.15) is 5.10 Å². The van der Waals surface area contributed by atoms with Crippen molar-refractivity contribution >= 4 is 17.9 Å². The highest BCUT2D eigenvalue weighted by Crippen LogP contribution is 2.23. The van der Waals surface area contributed by atoms with Crippen LogP contribution in [0.3, 0.4) is 0 Å². The van der Waals surface area contributed by atoms with Crippen LogP contribution in [-0.4, -0.2) is 36.3 Å². The Morgan fingerprint density at radius 2 is 1.82 bits per heavy atom. The number of amides is 2. The van der Waals surface area contributed by atoms with Gasteiger partial charge in [0, 0.05) is 23.9 Å². The van der Waals surface area contributed by atoms with Gasteiger partial charge in [-0.05, 0) is 61.5 Å². The molecular weight excluding hydrogens is 428 g/mol. The molecule has 0 heterocycles. The second-order valence-corrected chi connectivity index (χ2v) is 8.08. The minimum Gasteiger partial charge on any atom is -0.507 e. The van der Waals surface area contributed by atoms with Crippen LogP contribution in [-0.2, 0) is 19.6 Å². The molecule has 0 atom stereocenters. The highest BCUT2D eigenvalue weighted by atomic mass is 16.5. The van der Waals surface area contributed by atoms with Crippen LogP contribution in [0.5, 0.6) is 11.5 Å². The lowest BCUT2D eigenvalue weighted by Crippen LogP contribution is -2.24. The second kappa shape index (κ2) is 12.2. The largest absolute Gasteiger partial charge is 0.507 e. The lowest BCUT2D eigenvalue weighted by molar-refractivity contribution is 0.252. The molecule has 3 aromatic carbocycles. The Balaban J connectivity index is 1.49. The van der Waals surface area contributed by atoms with Crippen LogP contribution in [0, 0.1) is 0 Å². The molecule has 3 aromatic rings. The lowest BCUT2D eigenvalue weighted by atomic mass is 10.1. The quantitative estimate of drug-likeness (QED) is 0.229. The molecule has 34 heavy (non-hydrogen) atoms. The van der Waals surface area contributed by atoms with Crippen molar-refractivity contribution in [1.82, 2.24) is 10.3 Å². The summed E-state index contributed by atoms with van der Waals surface area (Å²) in [5.41, 5.74) is 6.86. The van der Waals surface area contributed by atoms with E-state index >= 15 is 0 Å². The number of benzene rings is 3. The van der Waals surface area contributed by atoms with Gasteiger partial charge in [0.15, 0.2) is 0 Å². The molecule has 2 amide bonds. The molecule has 0 aliphatic rings. The first-order valence-corrected chi connectivity index (χ1v) is 10.9. The highest BCUT2D eigenvalue weighted by Gasteiger charge is 2.04. The molecule has 0 saturated heterocycles. The average Bonchev–Trinajstić information content (AvgIpc) is 2.80. The third-order valence-electron chi connectivity index (χ3n) is 4.86. The number of allylic oxidation sites excluding steroid dienone is 1. The minimum absolute atomic E-state index is 0.000321. The van der Waals surface area contributed by atoms with Gasteiger partial charge in [0.2, 0.25) is 0 Å². The molecule has 176 valence electrons. The number of nitrogens with zero attached hydrogens (tertiary/aromatic N) is 2. The molecule has 0 aliphatic heterocycles. The number of nitrogens with one attached hydrogen (secondary N) is 2. The molecule has 0 bridgehead atoms. The Bertz CT molecular complexity index is 1140. The van der Waals surface area contributed by atoms with Gasteiger partial charge in [0.25, 0.3) is 0 Å². The third-order valence-corrected chi connectivity index (χ3v) is 4.86. The number of hydrazone groups is 1. The topological polar surface area (TPSA) is 86.2 Å². The maximum absolute atomic E-state index is 12.1. The first-order valence-electron chi connectivity index (χ1n) is 10.9. The van der Waals surface area contributed by atoms with Crippen molar-refractivity contribution in [3.8, 4) is 11.5 Å². The number of aromatic hydroxyl groups is 1. The smallest absolute Gasteiger partial charge is 0.339 e. The molecular formula is C27H30N4O3. The van der Waals surface area contributed by atoms with E-state index in [1.54, 1.807) is 12.1 Å². The first kappa shape index (κ1) is 24.5. The number of ether oxygens (including phenoxy) is 1. The standard InChI is InChI=1S/C27H30N4O3/c1-4-6-20-7-5-8-22(15-20)19-34-25-14-11-23(26(32)16-25)17-28-30-27(33)29-24-12-9-21(10-13-24)18-31(2)3/h4-5,7-17,32H,1,6,18-19H2,2-3H3,(H2,29,30,33)/b28-17+. The van der Waals surface area contributed by atoms with E-state index < -0.39 is 6.03 Å². The fourth-order valence-electron chi connectivity index (χ4n) is 3.28. The Morgan fingerprint density at radius 3 is 2.53 bits per heavy atom. The van der Waals surface area contributed by atoms with Crippen molar-refractivity contribution in [2.75, 3.05) is 19.4 Å². The van der Waals surface area contributed by atoms with Gasteiger partial charge in [-0.1, -0.05) is 42.5 Å². The van der Waals surface area contributed by atoms with E-state index in [1.807, 2.05) is 62.6 Å². The normalized spacial score (nSPS) is 10.9. The number of hydrogen-bond acceptors (Lipinski definition) is 5. The van der Waals surface area contributed by atoms with Gasteiger partial charge in [-0.25, -0.2) is 10.2 Å². The first-order chi connectivity index (χ1) is 16.4. The van der Waals surface area contributed by atoms with Crippen molar-refractivity contribution in [2.24, 2.45) is 5.10 Å². The number of anilines is 1. The zero-order valence-electron chi connectivity index (χ0n) is 19.5. The molecule has 0 radical (unpaired) electrons. The zero-order chi connectivity index (χ0) is 24.3. The van der Waals surface area contributed by atoms with Gasteiger partial charge < -0.3 is 20.1 Å². The maximum Gasteiger partial charge on any atom is 0.339 e. The maximum atomic E-state index is 12.1. The van der Waals surface area contributed by atoms with Crippen LogP contribution >= 0.6 is 0 Å². The molecule has 0 fully saturated rings. The number of urea groups is 1. The van der Waals surface area contributed by atoms with E-state index in [1.165, 1.54) is 17.8 Å². The van der Waals surface area contributed by atoms with Crippen LogP contribution < -0.4 is 15.5 Å². The SMILES string of the molecule is C=CCc1cccc(COc2ccc(/C=N/NC(=O)Nc3ccc(CN(C)C)cc3)c(O)c2)c1.